The van der Waals surface area contributed by atoms with Gasteiger partial charge in [-0.3, -0.25) is 4.79 Å². The largest absolute Gasteiger partial charge is 0.482 e. The number of nitrogens with one attached hydrogen (secondary N) is 1. The number of aryl methyl sites for hydroxylation is 1. The third-order valence-electron chi connectivity index (χ3n) is 3.88. The summed E-state index contributed by atoms with van der Waals surface area (Å²) in [5, 5.41) is 4.39. The Kier molecular flexibility index (Phi) is 6.26. The monoisotopic (exact) mass is 423 g/mol. The first kappa shape index (κ1) is 19.5. The molecule has 140 valence electrons. The second kappa shape index (κ2) is 8.65. The molecule has 3 aromatic rings. The molecule has 0 aliphatic heterocycles. The highest BCUT2D eigenvalue weighted by molar-refractivity contribution is 6.35. The van der Waals surface area contributed by atoms with Crippen LogP contribution in [0.3, 0.4) is 0 Å². The van der Waals surface area contributed by atoms with Crippen LogP contribution in [-0.2, 0) is 11.8 Å². The van der Waals surface area contributed by atoms with Crippen molar-refractivity contribution in [2.24, 2.45) is 7.05 Å². The number of carbonyl (C=O) groups excluding carboxylic acids is 1. The number of nitrogens with zero attached hydrogens (tertiary/aromatic N) is 2. The molecule has 3 rings (SSSR count). The van der Waals surface area contributed by atoms with Gasteiger partial charge in [0.25, 0.3) is 5.91 Å². The van der Waals surface area contributed by atoms with Crippen LogP contribution in [0, 0.1) is 0 Å². The number of hydrogen-bond acceptors (Lipinski definition) is 3. The highest BCUT2D eigenvalue weighted by Crippen LogP contribution is 2.27. The minimum absolute atomic E-state index is 0.199. The summed E-state index contributed by atoms with van der Waals surface area (Å²) in [6, 6.07) is 11.6. The van der Waals surface area contributed by atoms with Gasteiger partial charge in [0.15, 0.2) is 6.61 Å². The molecule has 0 saturated heterocycles. The molecule has 0 aliphatic rings. The van der Waals surface area contributed by atoms with Crippen LogP contribution in [0.4, 0.5) is 0 Å². The second-order valence-electron chi connectivity index (χ2n) is 5.81. The number of ether oxygens (including phenoxy) is 1. The van der Waals surface area contributed by atoms with E-state index in [9.17, 15) is 4.79 Å². The third kappa shape index (κ3) is 4.95. The van der Waals surface area contributed by atoms with E-state index < -0.39 is 6.04 Å². The maximum atomic E-state index is 12.5. The van der Waals surface area contributed by atoms with E-state index in [-0.39, 0.29) is 12.5 Å². The summed E-state index contributed by atoms with van der Waals surface area (Å²) in [6.07, 6.45) is 3.49. The second-order valence-corrected chi connectivity index (χ2v) is 7.09. The summed E-state index contributed by atoms with van der Waals surface area (Å²) in [5.41, 5.74) is 0.853. The molecule has 27 heavy (non-hydrogen) atoms. The van der Waals surface area contributed by atoms with Gasteiger partial charge in [0.2, 0.25) is 0 Å². The molecule has 1 atom stereocenters. The predicted molar refractivity (Wildman–Crippen MR) is 107 cm³/mol. The Labute approximate surface area is 171 Å². The lowest BCUT2D eigenvalue weighted by Crippen LogP contribution is -2.34. The molecule has 0 radical (unpaired) electrons. The van der Waals surface area contributed by atoms with Crippen molar-refractivity contribution >= 4 is 40.7 Å². The van der Waals surface area contributed by atoms with Gasteiger partial charge >= 0.3 is 0 Å². The molecule has 0 aliphatic carbocycles. The first-order valence-corrected chi connectivity index (χ1v) is 9.17. The lowest BCUT2D eigenvalue weighted by atomic mass is 10.1. The molecule has 0 fully saturated rings. The van der Waals surface area contributed by atoms with Crippen LogP contribution in [0.15, 0.2) is 54.9 Å². The fourth-order valence-electron chi connectivity index (χ4n) is 2.55. The zero-order valence-corrected chi connectivity index (χ0v) is 16.6. The normalized spacial score (nSPS) is 11.9. The Morgan fingerprint density at radius 2 is 1.85 bits per heavy atom. The first-order valence-electron chi connectivity index (χ1n) is 8.04. The topological polar surface area (TPSA) is 56.2 Å². The SMILES string of the molecule is Cn1ccnc1C(NC(=O)COc1ccc(Cl)cc1Cl)c1ccc(Cl)cc1. The molecule has 2 aromatic carbocycles. The number of rotatable bonds is 6. The quantitative estimate of drug-likeness (QED) is 0.626. The number of carbonyl (C=O) groups is 1. The Morgan fingerprint density at radius 3 is 2.48 bits per heavy atom. The van der Waals surface area contributed by atoms with Crippen molar-refractivity contribution in [3.8, 4) is 5.75 Å². The molecule has 1 N–H and O–H groups in total. The third-order valence-corrected chi connectivity index (χ3v) is 4.66. The van der Waals surface area contributed by atoms with Crippen molar-refractivity contribution in [1.29, 1.82) is 0 Å². The number of imidazole rings is 1. The van der Waals surface area contributed by atoms with E-state index in [1.165, 1.54) is 0 Å². The molecule has 0 saturated carbocycles. The van der Waals surface area contributed by atoms with Gasteiger partial charge in [-0.05, 0) is 35.9 Å². The van der Waals surface area contributed by atoms with Crippen molar-refractivity contribution in [2.75, 3.05) is 6.61 Å². The molecule has 1 heterocycles. The Balaban J connectivity index is 1.74. The molecule has 8 heteroatoms. The van der Waals surface area contributed by atoms with Gasteiger partial charge in [0.1, 0.15) is 17.6 Å². The van der Waals surface area contributed by atoms with Crippen LogP contribution < -0.4 is 10.1 Å². The summed E-state index contributed by atoms with van der Waals surface area (Å²) < 4.78 is 7.35. The average molecular weight is 425 g/mol. The standard InChI is InChI=1S/C19H16Cl3N3O2/c1-25-9-8-23-19(25)18(12-2-4-13(20)5-3-12)24-17(26)11-27-16-7-6-14(21)10-15(16)22/h2-10,18H,11H2,1H3,(H,24,26). The fourth-order valence-corrected chi connectivity index (χ4v) is 3.13. The number of benzene rings is 2. The number of aromatic nitrogens is 2. The van der Waals surface area contributed by atoms with Gasteiger partial charge in [-0.15, -0.1) is 0 Å². The maximum absolute atomic E-state index is 12.5. The van der Waals surface area contributed by atoms with Gasteiger partial charge in [0, 0.05) is 29.5 Å². The zero-order chi connectivity index (χ0) is 19.4. The van der Waals surface area contributed by atoms with E-state index in [1.54, 1.807) is 36.5 Å². The minimum Gasteiger partial charge on any atom is -0.482 e. The van der Waals surface area contributed by atoms with E-state index in [2.05, 4.69) is 10.3 Å². The van der Waals surface area contributed by atoms with E-state index >= 15 is 0 Å². The lowest BCUT2D eigenvalue weighted by molar-refractivity contribution is -0.123. The first-order chi connectivity index (χ1) is 12.9. The van der Waals surface area contributed by atoms with Gasteiger partial charge in [-0.1, -0.05) is 46.9 Å². The smallest absolute Gasteiger partial charge is 0.258 e. The average Bonchev–Trinajstić information content (AvgIpc) is 3.05. The maximum Gasteiger partial charge on any atom is 0.258 e. The Morgan fingerprint density at radius 1 is 1.15 bits per heavy atom. The van der Waals surface area contributed by atoms with Crippen molar-refractivity contribution in [3.05, 3.63) is 81.3 Å². The van der Waals surface area contributed by atoms with Gasteiger partial charge in [-0.2, -0.15) is 0 Å². The summed E-state index contributed by atoms with van der Waals surface area (Å²) in [4.78, 5) is 16.8. The van der Waals surface area contributed by atoms with Crippen LogP contribution in [-0.4, -0.2) is 22.1 Å². The minimum atomic E-state index is -0.445. The fraction of sp³-hybridized carbons (Fsp3) is 0.158. The van der Waals surface area contributed by atoms with Crippen LogP contribution in [0.25, 0.3) is 0 Å². The highest BCUT2D eigenvalue weighted by Gasteiger charge is 2.21. The van der Waals surface area contributed by atoms with E-state index in [0.29, 0.717) is 26.6 Å². The molecule has 1 unspecified atom stereocenters. The van der Waals surface area contributed by atoms with Crippen molar-refractivity contribution < 1.29 is 9.53 Å². The van der Waals surface area contributed by atoms with E-state index in [0.717, 1.165) is 5.56 Å². The van der Waals surface area contributed by atoms with Crippen LogP contribution >= 0.6 is 34.8 Å². The van der Waals surface area contributed by atoms with Crippen LogP contribution in [0.5, 0.6) is 5.75 Å². The summed E-state index contributed by atoms with van der Waals surface area (Å²) in [5.74, 6) is 0.760. The van der Waals surface area contributed by atoms with Crippen molar-refractivity contribution in [1.82, 2.24) is 14.9 Å². The van der Waals surface area contributed by atoms with Crippen LogP contribution in [0.2, 0.25) is 15.1 Å². The Hall–Kier alpha value is -2.21. The number of amides is 1. The predicted octanol–water partition coefficient (Wildman–Crippen LogP) is 4.66. The highest BCUT2D eigenvalue weighted by atomic mass is 35.5. The van der Waals surface area contributed by atoms with Gasteiger partial charge in [0.05, 0.1) is 5.02 Å². The van der Waals surface area contributed by atoms with Crippen LogP contribution in [0.1, 0.15) is 17.4 Å². The number of hydrogen-bond donors (Lipinski definition) is 1. The summed E-state index contributed by atoms with van der Waals surface area (Å²) in [6.45, 7) is -0.199. The molecule has 5 nitrogen and oxygen atoms in total. The molecule has 1 aromatic heterocycles. The lowest BCUT2D eigenvalue weighted by Gasteiger charge is -2.19. The molecule has 1 amide bonds. The van der Waals surface area contributed by atoms with Gasteiger partial charge < -0.3 is 14.6 Å². The number of halogens is 3. The molecule has 0 spiro atoms. The van der Waals surface area contributed by atoms with E-state index in [1.807, 2.05) is 29.9 Å². The van der Waals surface area contributed by atoms with E-state index in [4.69, 9.17) is 39.5 Å². The molecule has 0 bridgehead atoms. The molecular weight excluding hydrogens is 409 g/mol. The van der Waals surface area contributed by atoms with Gasteiger partial charge in [-0.25, -0.2) is 4.98 Å². The zero-order valence-electron chi connectivity index (χ0n) is 14.3. The molecular formula is C19H16Cl3N3O2. The summed E-state index contributed by atoms with van der Waals surface area (Å²) >= 11 is 17.9. The summed E-state index contributed by atoms with van der Waals surface area (Å²) in [7, 11) is 1.86. The van der Waals surface area contributed by atoms with Crippen molar-refractivity contribution in [3.63, 3.8) is 0 Å². The van der Waals surface area contributed by atoms with Crippen molar-refractivity contribution in [2.45, 2.75) is 6.04 Å². The Bertz CT molecular complexity index is 942.